The van der Waals surface area contributed by atoms with Crippen LogP contribution in [0, 0.1) is 6.92 Å². The lowest BCUT2D eigenvalue weighted by Crippen LogP contribution is -2.37. The van der Waals surface area contributed by atoms with Crippen LogP contribution in [0.1, 0.15) is 24.8 Å². The Morgan fingerprint density at radius 2 is 1.88 bits per heavy atom. The van der Waals surface area contributed by atoms with Crippen LogP contribution in [0.4, 0.5) is 0 Å². The molecule has 17 heavy (non-hydrogen) atoms. The van der Waals surface area contributed by atoms with Gasteiger partial charge in [0.05, 0.1) is 4.90 Å². The Morgan fingerprint density at radius 1 is 1.24 bits per heavy atom. The number of sulfonamides is 1. The fourth-order valence-electron chi connectivity index (χ4n) is 2.03. The Kier molecular flexibility index (Phi) is 3.90. The summed E-state index contributed by atoms with van der Waals surface area (Å²) in [6.45, 7) is 1.94. The quantitative estimate of drug-likeness (QED) is 0.871. The molecule has 1 aromatic rings. The van der Waals surface area contributed by atoms with Gasteiger partial charge in [0.1, 0.15) is 0 Å². The van der Waals surface area contributed by atoms with Crippen LogP contribution in [0.25, 0.3) is 0 Å². The predicted molar refractivity (Wildman–Crippen MR) is 71.9 cm³/mol. The standard InChI is InChI=1S/C12H16BrNO2S/c1-9-5-7-10(8-6-9)17(15,16)14-12-4-2-3-11(12)13/h5-8,11-12,14H,2-4H2,1H3/t11-,12+/m1/s1. The van der Waals surface area contributed by atoms with Gasteiger partial charge in [-0.05, 0) is 31.9 Å². The second-order valence-corrected chi connectivity index (χ2v) is 7.38. The zero-order valence-electron chi connectivity index (χ0n) is 9.69. The second-order valence-electron chi connectivity index (χ2n) is 4.49. The van der Waals surface area contributed by atoms with Crippen molar-refractivity contribution in [2.45, 2.75) is 42.0 Å². The summed E-state index contributed by atoms with van der Waals surface area (Å²) in [5, 5.41) is 0. The fraction of sp³-hybridized carbons (Fsp3) is 0.500. The molecular weight excluding hydrogens is 302 g/mol. The van der Waals surface area contributed by atoms with Crippen LogP contribution >= 0.6 is 15.9 Å². The average Bonchev–Trinajstić information content (AvgIpc) is 2.64. The SMILES string of the molecule is Cc1ccc(S(=O)(=O)N[C@H]2CCC[C@H]2Br)cc1. The van der Waals surface area contributed by atoms with Crippen molar-refractivity contribution < 1.29 is 8.42 Å². The highest BCUT2D eigenvalue weighted by molar-refractivity contribution is 9.09. The number of halogens is 1. The topological polar surface area (TPSA) is 46.2 Å². The van der Waals surface area contributed by atoms with Gasteiger partial charge in [-0.3, -0.25) is 0 Å². The van der Waals surface area contributed by atoms with Crippen LogP contribution in [0.5, 0.6) is 0 Å². The first kappa shape index (κ1) is 13.1. The molecule has 5 heteroatoms. The summed E-state index contributed by atoms with van der Waals surface area (Å²) in [5.74, 6) is 0. The molecule has 2 atom stereocenters. The van der Waals surface area contributed by atoms with E-state index in [9.17, 15) is 8.42 Å². The molecule has 1 aromatic carbocycles. The minimum atomic E-state index is -3.37. The number of hydrogen-bond donors (Lipinski definition) is 1. The summed E-state index contributed by atoms with van der Waals surface area (Å²) < 4.78 is 27.0. The molecule has 0 unspecified atom stereocenters. The van der Waals surface area contributed by atoms with E-state index in [2.05, 4.69) is 20.7 Å². The van der Waals surface area contributed by atoms with Gasteiger partial charge in [-0.2, -0.15) is 0 Å². The van der Waals surface area contributed by atoms with E-state index in [0.717, 1.165) is 24.8 Å². The molecule has 0 aliphatic heterocycles. The molecule has 1 saturated carbocycles. The molecule has 0 spiro atoms. The third-order valence-corrected chi connectivity index (χ3v) is 5.67. The Hall–Kier alpha value is -0.390. The first-order valence-corrected chi connectivity index (χ1v) is 8.12. The fourth-order valence-corrected chi connectivity index (χ4v) is 4.24. The van der Waals surface area contributed by atoms with E-state index in [1.165, 1.54) is 0 Å². The number of alkyl halides is 1. The minimum Gasteiger partial charge on any atom is -0.207 e. The maximum absolute atomic E-state index is 12.1. The molecule has 0 aromatic heterocycles. The van der Waals surface area contributed by atoms with Crippen LogP contribution in [0.2, 0.25) is 0 Å². The highest BCUT2D eigenvalue weighted by Crippen LogP contribution is 2.27. The third kappa shape index (κ3) is 3.09. The molecule has 0 radical (unpaired) electrons. The molecule has 0 heterocycles. The maximum Gasteiger partial charge on any atom is 0.240 e. The number of aryl methyl sites for hydroxylation is 1. The Bertz CT molecular complexity index is 484. The van der Waals surface area contributed by atoms with Crippen molar-refractivity contribution in [3.8, 4) is 0 Å². The highest BCUT2D eigenvalue weighted by Gasteiger charge is 2.29. The molecule has 1 fully saturated rings. The minimum absolute atomic E-state index is 0.0151. The lowest BCUT2D eigenvalue weighted by molar-refractivity contribution is 0.556. The predicted octanol–water partition coefficient (Wildman–Crippen LogP) is 2.59. The normalized spacial score (nSPS) is 25.1. The van der Waals surface area contributed by atoms with E-state index in [4.69, 9.17) is 0 Å². The molecule has 0 amide bonds. The lowest BCUT2D eigenvalue weighted by Gasteiger charge is -2.16. The van der Waals surface area contributed by atoms with Crippen LogP contribution in [-0.2, 0) is 10.0 Å². The molecule has 94 valence electrons. The van der Waals surface area contributed by atoms with Gasteiger partial charge < -0.3 is 0 Å². The molecule has 1 aliphatic carbocycles. The van der Waals surface area contributed by atoms with Gasteiger partial charge in [-0.25, -0.2) is 13.1 Å². The van der Waals surface area contributed by atoms with Crippen molar-refractivity contribution in [3.05, 3.63) is 29.8 Å². The first-order chi connectivity index (χ1) is 7.99. The third-order valence-electron chi connectivity index (χ3n) is 3.07. The van der Waals surface area contributed by atoms with Crippen molar-refractivity contribution in [3.63, 3.8) is 0 Å². The molecule has 1 N–H and O–H groups in total. The van der Waals surface area contributed by atoms with Crippen molar-refractivity contribution in [2.75, 3.05) is 0 Å². The zero-order valence-corrected chi connectivity index (χ0v) is 12.1. The summed E-state index contributed by atoms with van der Waals surface area (Å²) in [6.07, 6.45) is 3.00. The van der Waals surface area contributed by atoms with Gasteiger partial charge in [0, 0.05) is 10.9 Å². The van der Waals surface area contributed by atoms with Crippen LogP contribution in [0.15, 0.2) is 29.2 Å². The van der Waals surface area contributed by atoms with E-state index in [0.29, 0.717) is 4.90 Å². The monoisotopic (exact) mass is 317 g/mol. The van der Waals surface area contributed by atoms with Crippen molar-refractivity contribution in [1.29, 1.82) is 0 Å². The van der Waals surface area contributed by atoms with Crippen LogP contribution in [-0.4, -0.2) is 19.3 Å². The largest absolute Gasteiger partial charge is 0.240 e. The number of benzene rings is 1. The van der Waals surface area contributed by atoms with E-state index in [1.807, 2.05) is 19.1 Å². The summed E-state index contributed by atoms with van der Waals surface area (Å²) in [5.41, 5.74) is 1.06. The van der Waals surface area contributed by atoms with Crippen LogP contribution in [0.3, 0.4) is 0 Å². The molecule has 0 bridgehead atoms. The summed E-state index contributed by atoms with van der Waals surface area (Å²) in [7, 11) is -3.37. The van der Waals surface area contributed by atoms with E-state index >= 15 is 0 Å². The van der Waals surface area contributed by atoms with E-state index in [1.54, 1.807) is 12.1 Å². The van der Waals surface area contributed by atoms with Gasteiger partial charge in [0.2, 0.25) is 10.0 Å². The van der Waals surface area contributed by atoms with Gasteiger partial charge >= 0.3 is 0 Å². The average molecular weight is 318 g/mol. The van der Waals surface area contributed by atoms with Crippen LogP contribution < -0.4 is 4.72 Å². The Labute approximate surface area is 111 Å². The van der Waals surface area contributed by atoms with Gasteiger partial charge in [-0.1, -0.05) is 40.0 Å². The van der Waals surface area contributed by atoms with Gasteiger partial charge in [0.25, 0.3) is 0 Å². The smallest absolute Gasteiger partial charge is 0.207 e. The lowest BCUT2D eigenvalue weighted by atomic mass is 10.2. The highest BCUT2D eigenvalue weighted by atomic mass is 79.9. The van der Waals surface area contributed by atoms with E-state index < -0.39 is 10.0 Å². The van der Waals surface area contributed by atoms with Gasteiger partial charge in [-0.15, -0.1) is 0 Å². The van der Waals surface area contributed by atoms with Crippen molar-refractivity contribution >= 4 is 26.0 Å². The molecular formula is C12H16BrNO2S. The molecule has 1 aliphatic rings. The molecule has 0 saturated heterocycles. The van der Waals surface area contributed by atoms with Crippen molar-refractivity contribution in [2.24, 2.45) is 0 Å². The first-order valence-electron chi connectivity index (χ1n) is 5.72. The number of nitrogens with one attached hydrogen (secondary N) is 1. The number of hydrogen-bond acceptors (Lipinski definition) is 2. The Morgan fingerprint density at radius 3 is 2.41 bits per heavy atom. The zero-order chi connectivity index (χ0) is 12.5. The second kappa shape index (κ2) is 5.08. The molecule has 3 nitrogen and oxygen atoms in total. The number of rotatable bonds is 3. The summed E-state index contributed by atoms with van der Waals surface area (Å²) in [6, 6.07) is 6.94. The molecule has 2 rings (SSSR count). The van der Waals surface area contributed by atoms with E-state index in [-0.39, 0.29) is 10.9 Å². The Balaban J connectivity index is 2.16. The summed E-state index contributed by atoms with van der Waals surface area (Å²) in [4.78, 5) is 0.595. The van der Waals surface area contributed by atoms with Gasteiger partial charge in [0.15, 0.2) is 0 Å². The maximum atomic E-state index is 12.1. The van der Waals surface area contributed by atoms with Crippen molar-refractivity contribution in [1.82, 2.24) is 4.72 Å². The summed E-state index contributed by atoms with van der Waals surface area (Å²) >= 11 is 3.51.